The van der Waals surface area contributed by atoms with E-state index in [0.29, 0.717) is 11.7 Å². The van der Waals surface area contributed by atoms with Crippen LogP contribution < -0.4 is 5.73 Å². The Bertz CT molecular complexity index is 515. The fourth-order valence-corrected chi connectivity index (χ4v) is 2.14. The van der Waals surface area contributed by atoms with Gasteiger partial charge in [0.2, 0.25) is 0 Å². The van der Waals surface area contributed by atoms with Crippen molar-refractivity contribution < 1.29 is 0 Å². The fourth-order valence-electron chi connectivity index (χ4n) is 1.99. The van der Waals surface area contributed by atoms with Crippen molar-refractivity contribution in [3.63, 3.8) is 0 Å². The van der Waals surface area contributed by atoms with Crippen LogP contribution in [0.2, 0.25) is 5.15 Å². The summed E-state index contributed by atoms with van der Waals surface area (Å²) < 4.78 is 3.97. The molecule has 0 aliphatic carbocycles. The lowest BCUT2D eigenvalue weighted by Gasteiger charge is -2.07. The fraction of sp³-hybridized carbons (Fsp3) is 0.462. The van der Waals surface area contributed by atoms with Crippen LogP contribution in [-0.2, 0) is 13.6 Å². The molecule has 0 aromatic carbocycles. The van der Waals surface area contributed by atoms with Crippen LogP contribution >= 0.6 is 11.6 Å². The highest BCUT2D eigenvalue weighted by Crippen LogP contribution is 2.17. The molecule has 2 rings (SSSR count). The highest BCUT2D eigenvalue weighted by atomic mass is 35.5. The summed E-state index contributed by atoms with van der Waals surface area (Å²) in [6.45, 7) is 2.86. The Morgan fingerprint density at radius 1 is 1.50 bits per heavy atom. The molecule has 0 fully saturated rings. The van der Waals surface area contributed by atoms with Gasteiger partial charge in [0.1, 0.15) is 11.0 Å². The third-order valence-electron chi connectivity index (χ3n) is 3.15. The van der Waals surface area contributed by atoms with Crippen LogP contribution in [-0.4, -0.2) is 14.1 Å². The second-order valence-electron chi connectivity index (χ2n) is 4.57. The molecule has 0 aliphatic rings. The predicted molar refractivity (Wildman–Crippen MR) is 73.6 cm³/mol. The third kappa shape index (κ3) is 2.76. The van der Waals surface area contributed by atoms with Gasteiger partial charge in [-0.15, -0.1) is 0 Å². The third-order valence-corrected chi connectivity index (χ3v) is 3.50. The predicted octanol–water partition coefficient (Wildman–Crippen LogP) is 2.72. The van der Waals surface area contributed by atoms with Gasteiger partial charge in [-0.1, -0.05) is 24.9 Å². The minimum absolute atomic E-state index is 0.126. The lowest BCUT2D eigenvalue weighted by molar-refractivity contribution is 0.633. The maximum atomic E-state index is 6.09. The molecule has 5 heteroatoms. The Hall–Kier alpha value is -1.26. The molecule has 0 saturated heterocycles. The van der Waals surface area contributed by atoms with Crippen LogP contribution in [0.25, 0.3) is 0 Å². The Morgan fingerprint density at radius 2 is 2.28 bits per heavy atom. The lowest BCUT2D eigenvalue weighted by Crippen LogP contribution is -2.09. The van der Waals surface area contributed by atoms with Crippen LogP contribution in [0.5, 0.6) is 0 Å². The van der Waals surface area contributed by atoms with Gasteiger partial charge in [0.15, 0.2) is 0 Å². The van der Waals surface area contributed by atoms with Crippen molar-refractivity contribution in [2.75, 3.05) is 0 Å². The number of nitrogens with two attached hydrogens (primary N) is 1. The number of aromatic nitrogens is 3. The quantitative estimate of drug-likeness (QED) is 0.905. The van der Waals surface area contributed by atoms with Crippen molar-refractivity contribution >= 4 is 11.6 Å². The molecule has 0 saturated carbocycles. The first-order chi connectivity index (χ1) is 8.61. The monoisotopic (exact) mass is 266 g/mol. The molecule has 2 aromatic heterocycles. The molecule has 4 nitrogen and oxygen atoms in total. The smallest absolute Gasteiger partial charge is 0.129 e. The van der Waals surface area contributed by atoms with Crippen LogP contribution in [0.3, 0.4) is 0 Å². The SMILES string of the molecule is CCCC(N)c1ccn(Cc2ncc(Cl)n2C)c1. The summed E-state index contributed by atoms with van der Waals surface area (Å²) in [4.78, 5) is 4.28. The summed E-state index contributed by atoms with van der Waals surface area (Å²) in [7, 11) is 1.91. The van der Waals surface area contributed by atoms with Gasteiger partial charge >= 0.3 is 0 Å². The summed E-state index contributed by atoms with van der Waals surface area (Å²) in [6.07, 6.45) is 7.90. The van der Waals surface area contributed by atoms with E-state index in [0.717, 1.165) is 18.7 Å². The molecule has 0 aliphatic heterocycles. The zero-order chi connectivity index (χ0) is 13.1. The van der Waals surface area contributed by atoms with Crippen LogP contribution in [0.15, 0.2) is 24.7 Å². The van der Waals surface area contributed by atoms with Crippen molar-refractivity contribution in [2.24, 2.45) is 12.8 Å². The number of imidazole rings is 1. The maximum absolute atomic E-state index is 6.09. The number of rotatable bonds is 5. The summed E-state index contributed by atoms with van der Waals surface area (Å²) in [5.74, 6) is 0.936. The highest BCUT2D eigenvalue weighted by molar-refractivity contribution is 6.29. The largest absolute Gasteiger partial charge is 0.346 e. The molecule has 0 bridgehead atoms. The minimum Gasteiger partial charge on any atom is -0.346 e. The van der Waals surface area contributed by atoms with Gasteiger partial charge in [-0.3, -0.25) is 0 Å². The Morgan fingerprint density at radius 3 is 2.89 bits per heavy atom. The Labute approximate surface area is 112 Å². The highest BCUT2D eigenvalue weighted by Gasteiger charge is 2.08. The van der Waals surface area contributed by atoms with Crippen LogP contribution in [0, 0.1) is 0 Å². The van der Waals surface area contributed by atoms with Gasteiger partial charge in [-0.2, -0.15) is 0 Å². The van der Waals surface area contributed by atoms with E-state index >= 15 is 0 Å². The molecule has 0 spiro atoms. The first-order valence-electron chi connectivity index (χ1n) is 6.19. The maximum Gasteiger partial charge on any atom is 0.129 e. The van der Waals surface area contributed by atoms with Crippen molar-refractivity contribution in [1.82, 2.24) is 14.1 Å². The van der Waals surface area contributed by atoms with E-state index in [-0.39, 0.29) is 6.04 Å². The standard InChI is InChI=1S/C13H19ClN4/c1-3-4-11(15)10-5-6-18(8-10)9-13-16-7-12(14)17(13)2/h5-8,11H,3-4,9,15H2,1-2H3. The summed E-state index contributed by atoms with van der Waals surface area (Å²) in [6, 6.07) is 2.20. The van der Waals surface area contributed by atoms with Crippen molar-refractivity contribution in [1.29, 1.82) is 0 Å². The molecule has 1 unspecified atom stereocenters. The average Bonchev–Trinajstić information content (AvgIpc) is 2.92. The van der Waals surface area contributed by atoms with E-state index in [2.05, 4.69) is 28.7 Å². The van der Waals surface area contributed by atoms with Crippen molar-refractivity contribution in [3.8, 4) is 0 Å². The van der Waals surface area contributed by atoms with Crippen LogP contribution in [0.4, 0.5) is 0 Å². The van der Waals surface area contributed by atoms with E-state index in [1.54, 1.807) is 6.20 Å². The number of hydrogen-bond acceptors (Lipinski definition) is 2. The van der Waals surface area contributed by atoms with Crippen molar-refractivity contribution in [2.45, 2.75) is 32.4 Å². The first kappa shape index (κ1) is 13.2. The summed E-state index contributed by atoms with van der Waals surface area (Å²) in [5, 5.41) is 0.653. The zero-order valence-corrected chi connectivity index (χ0v) is 11.6. The zero-order valence-electron chi connectivity index (χ0n) is 10.8. The number of nitrogens with zero attached hydrogens (tertiary/aromatic N) is 3. The summed E-state index contributed by atoms with van der Waals surface area (Å²) in [5.41, 5.74) is 7.27. The second kappa shape index (κ2) is 5.59. The number of halogens is 1. The van der Waals surface area contributed by atoms with Crippen LogP contribution in [0.1, 0.15) is 37.2 Å². The molecule has 2 heterocycles. The van der Waals surface area contributed by atoms with Gasteiger partial charge < -0.3 is 14.9 Å². The molecule has 0 amide bonds. The molecule has 2 aromatic rings. The van der Waals surface area contributed by atoms with Crippen molar-refractivity contribution in [3.05, 3.63) is 41.2 Å². The second-order valence-corrected chi connectivity index (χ2v) is 4.96. The molecule has 18 heavy (non-hydrogen) atoms. The topological polar surface area (TPSA) is 48.8 Å². The van der Waals surface area contributed by atoms with E-state index in [1.807, 2.05) is 17.8 Å². The molecular formula is C13H19ClN4. The molecule has 2 N–H and O–H groups in total. The minimum atomic E-state index is 0.126. The van der Waals surface area contributed by atoms with E-state index < -0.39 is 0 Å². The van der Waals surface area contributed by atoms with Gasteiger partial charge in [0.25, 0.3) is 0 Å². The summed E-state index contributed by atoms with van der Waals surface area (Å²) >= 11 is 5.96. The lowest BCUT2D eigenvalue weighted by atomic mass is 10.1. The van der Waals surface area contributed by atoms with E-state index in [1.165, 1.54) is 5.56 Å². The van der Waals surface area contributed by atoms with Gasteiger partial charge in [0, 0.05) is 25.5 Å². The van der Waals surface area contributed by atoms with E-state index in [4.69, 9.17) is 17.3 Å². The first-order valence-corrected chi connectivity index (χ1v) is 6.57. The van der Waals surface area contributed by atoms with Gasteiger partial charge in [0.05, 0.1) is 12.7 Å². The average molecular weight is 267 g/mol. The van der Waals surface area contributed by atoms with Gasteiger partial charge in [-0.25, -0.2) is 4.98 Å². The number of hydrogen-bond donors (Lipinski definition) is 1. The molecule has 98 valence electrons. The molecule has 0 radical (unpaired) electrons. The molecular weight excluding hydrogens is 248 g/mol. The van der Waals surface area contributed by atoms with E-state index in [9.17, 15) is 0 Å². The Balaban J connectivity index is 2.09. The molecule has 1 atom stereocenters. The Kier molecular flexibility index (Phi) is 4.09. The van der Waals surface area contributed by atoms with Gasteiger partial charge in [-0.05, 0) is 18.1 Å². The normalized spacial score (nSPS) is 12.9.